The highest BCUT2D eigenvalue weighted by molar-refractivity contribution is 7.13. The maximum atomic E-state index is 12.6. The number of carbonyl (C=O) groups is 1. The molecule has 0 spiro atoms. The molecule has 1 aromatic heterocycles. The number of nitrogens with zero attached hydrogens (tertiary/aromatic N) is 1. The van der Waals surface area contributed by atoms with Gasteiger partial charge in [0.25, 0.3) is 0 Å². The number of carbonyl (C=O) groups excluding carboxylic acids is 1. The molecule has 0 aliphatic heterocycles. The quantitative estimate of drug-likeness (QED) is 0.373. The Labute approximate surface area is 173 Å². The molecule has 0 aliphatic carbocycles. The zero-order valence-electron chi connectivity index (χ0n) is 15.5. The van der Waals surface area contributed by atoms with E-state index in [4.69, 9.17) is 4.74 Å². The Morgan fingerprint density at radius 2 is 1.45 bits per heavy atom. The molecule has 0 amide bonds. The van der Waals surface area contributed by atoms with E-state index in [1.807, 2.05) is 84.2 Å². The lowest BCUT2D eigenvalue weighted by molar-refractivity contribution is 0.0469. The normalized spacial score (nSPS) is 10.3. The van der Waals surface area contributed by atoms with Crippen molar-refractivity contribution in [1.29, 1.82) is 0 Å². The lowest BCUT2D eigenvalue weighted by atomic mass is 10.1. The van der Waals surface area contributed by atoms with Crippen molar-refractivity contribution in [2.75, 3.05) is 10.6 Å². The van der Waals surface area contributed by atoms with Gasteiger partial charge in [0, 0.05) is 16.8 Å². The molecule has 0 fully saturated rings. The molecule has 0 radical (unpaired) electrons. The molecule has 5 nitrogen and oxygen atoms in total. The van der Waals surface area contributed by atoms with Crippen LogP contribution in [0.2, 0.25) is 0 Å². The number of nitrogens with one attached hydrogen (secondary N) is 2. The van der Waals surface area contributed by atoms with Crippen molar-refractivity contribution in [3.8, 4) is 0 Å². The maximum absolute atomic E-state index is 12.6. The van der Waals surface area contributed by atoms with Gasteiger partial charge in [-0.1, -0.05) is 48.5 Å². The minimum Gasteiger partial charge on any atom is -0.455 e. The number of para-hydroxylation sites is 3. The van der Waals surface area contributed by atoms with Crippen molar-refractivity contribution < 1.29 is 9.53 Å². The van der Waals surface area contributed by atoms with Crippen LogP contribution in [0, 0.1) is 0 Å². The van der Waals surface area contributed by atoms with Crippen LogP contribution in [0.25, 0.3) is 0 Å². The second-order valence-corrected chi connectivity index (χ2v) is 7.11. The summed E-state index contributed by atoms with van der Waals surface area (Å²) in [5.41, 5.74) is 3.76. The number of aromatic nitrogens is 1. The van der Waals surface area contributed by atoms with Crippen LogP contribution in [0.5, 0.6) is 0 Å². The molecule has 0 bridgehead atoms. The fraction of sp³-hybridized carbons (Fsp3) is 0.0435. The third-order valence-electron chi connectivity index (χ3n) is 4.13. The van der Waals surface area contributed by atoms with Crippen LogP contribution in [0.3, 0.4) is 0 Å². The Kier molecular flexibility index (Phi) is 5.83. The molecule has 0 unspecified atom stereocenters. The van der Waals surface area contributed by atoms with Gasteiger partial charge in [0.15, 0.2) is 5.13 Å². The molecule has 6 heteroatoms. The van der Waals surface area contributed by atoms with Gasteiger partial charge in [0.05, 0.1) is 16.9 Å². The van der Waals surface area contributed by atoms with Gasteiger partial charge < -0.3 is 15.4 Å². The zero-order valence-corrected chi connectivity index (χ0v) is 16.4. The number of rotatable bonds is 7. The average Bonchev–Trinajstić information content (AvgIpc) is 3.21. The smallest absolute Gasteiger partial charge is 0.340 e. The summed E-state index contributed by atoms with van der Waals surface area (Å²) in [4.78, 5) is 17.1. The van der Waals surface area contributed by atoms with E-state index >= 15 is 0 Å². The third-order valence-corrected chi connectivity index (χ3v) is 4.93. The summed E-state index contributed by atoms with van der Waals surface area (Å²) < 4.78 is 5.49. The molecular weight excluding hydrogens is 382 g/mol. The van der Waals surface area contributed by atoms with Crippen LogP contribution in [-0.2, 0) is 11.3 Å². The van der Waals surface area contributed by atoms with Crippen molar-refractivity contribution in [3.63, 3.8) is 0 Å². The first-order valence-electron chi connectivity index (χ1n) is 9.12. The van der Waals surface area contributed by atoms with E-state index in [-0.39, 0.29) is 6.61 Å². The number of benzene rings is 3. The van der Waals surface area contributed by atoms with Gasteiger partial charge in [0.2, 0.25) is 0 Å². The third kappa shape index (κ3) is 5.00. The van der Waals surface area contributed by atoms with E-state index in [0.717, 1.165) is 16.5 Å². The predicted octanol–water partition coefficient (Wildman–Crippen LogP) is 5.99. The number of hydrogen-bond donors (Lipinski definition) is 2. The molecule has 0 saturated carbocycles. The minimum absolute atomic E-state index is 0.117. The summed E-state index contributed by atoms with van der Waals surface area (Å²) in [7, 11) is 0. The van der Waals surface area contributed by atoms with Gasteiger partial charge in [0.1, 0.15) is 6.61 Å². The van der Waals surface area contributed by atoms with Crippen LogP contribution >= 0.6 is 11.3 Å². The Bertz CT molecular complexity index is 1080. The standard InChI is InChI=1S/C23H19N3O2S/c27-22(20-13-7-8-14-21(20)24-17-9-3-1-4-10-17)28-15-19-16-29-23(26-19)25-18-11-5-2-6-12-18/h1-14,16,24H,15H2,(H,25,26). The van der Waals surface area contributed by atoms with Crippen molar-refractivity contribution in [2.24, 2.45) is 0 Å². The van der Waals surface area contributed by atoms with Crippen LogP contribution in [0.15, 0.2) is 90.3 Å². The molecule has 0 atom stereocenters. The average molecular weight is 401 g/mol. The number of hydrogen-bond acceptors (Lipinski definition) is 6. The highest BCUT2D eigenvalue weighted by Crippen LogP contribution is 2.23. The van der Waals surface area contributed by atoms with Gasteiger partial charge in [-0.3, -0.25) is 0 Å². The van der Waals surface area contributed by atoms with Gasteiger partial charge in [-0.2, -0.15) is 0 Å². The summed E-state index contributed by atoms with van der Waals surface area (Å²) >= 11 is 1.47. The summed E-state index contributed by atoms with van der Waals surface area (Å²) in [5, 5.41) is 9.13. The van der Waals surface area contributed by atoms with E-state index in [1.54, 1.807) is 6.07 Å². The summed E-state index contributed by atoms with van der Waals surface area (Å²) in [6.07, 6.45) is 0. The van der Waals surface area contributed by atoms with Crippen LogP contribution in [0.4, 0.5) is 22.2 Å². The molecule has 0 aliphatic rings. The molecule has 144 valence electrons. The number of thiazole rings is 1. The fourth-order valence-electron chi connectivity index (χ4n) is 2.74. The second-order valence-electron chi connectivity index (χ2n) is 6.25. The second kappa shape index (κ2) is 9.03. The Morgan fingerprint density at radius 3 is 2.17 bits per heavy atom. The predicted molar refractivity (Wildman–Crippen MR) is 117 cm³/mol. The lowest BCUT2D eigenvalue weighted by Gasteiger charge is -2.11. The van der Waals surface area contributed by atoms with E-state index in [2.05, 4.69) is 15.6 Å². The molecule has 2 N–H and O–H groups in total. The fourth-order valence-corrected chi connectivity index (χ4v) is 3.46. The van der Waals surface area contributed by atoms with Crippen molar-refractivity contribution in [1.82, 2.24) is 4.98 Å². The molecule has 29 heavy (non-hydrogen) atoms. The van der Waals surface area contributed by atoms with Gasteiger partial charge in [-0.05, 0) is 36.4 Å². The first-order valence-corrected chi connectivity index (χ1v) is 10.0. The van der Waals surface area contributed by atoms with Gasteiger partial charge in [-0.15, -0.1) is 11.3 Å². The SMILES string of the molecule is O=C(OCc1csc(Nc2ccccc2)n1)c1ccccc1Nc1ccccc1. The van der Waals surface area contributed by atoms with Crippen LogP contribution in [-0.4, -0.2) is 11.0 Å². The number of anilines is 4. The Hall–Kier alpha value is -3.64. The van der Waals surface area contributed by atoms with E-state index in [0.29, 0.717) is 16.9 Å². The van der Waals surface area contributed by atoms with Crippen LogP contribution in [0.1, 0.15) is 16.1 Å². The first kappa shape index (κ1) is 18.7. The molecule has 0 saturated heterocycles. The topological polar surface area (TPSA) is 63.2 Å². The molecule has 4 rings (SSSR count). The summed E-state index contributed by atoms with van der Waals surface area (Å²) in [6, 6.07) is 26.8. The zero-order chi connectivity index (χ0) is 19.9. The molecule has 1 heterocycles. The summed E-state index contributed by atoms with van der Waals surface area (Å²) in [6.45, 7) is 0.117. The van der Waals surface area contributed by atoms with Gasteiger partial charge >= 0.3 is 5.97 Å². The largest absolute Gasteiger partial charge is 0.455 e. The van der Waals surface area contributed by atoms with E-state index < -0.39 is 5.97 Å². The highest BCUT2D eigenvalue weighted by Gasteiger charge is 2.14. The minimum atomic E-state index is -0.394. The van der Waals surface area contributed by atoms with Crippen molar-refractivity contribution >= 4 is 39.5 Å². The molecule has 4 aromatic rings. The molecule has 3 aromatic carbocycles. The highest BCUT2D eigenvalue weighted by atomic mass is 32.1. The van der Waals surface area contributed by atoms with Gasteiger partial charge in [-0.25, -0.2) is 9.78 Å². The Morgan fingerprint density at radius 1 is 0.828 bits per heavy atom. The lowest BCUT2D eigenvalue weighted by Crippen LogP contribution is -2.08. The van der Waals surface area contributed by atoms with E-state index in [1.165, 1.54) is 11.3 Å². The molecular formula is C23H19N3O2S. The van der Waals surface area contributed by atoms with E-state index in [9.17, 15) is 4.79 Å². The first-order chi connectivity index (χ1) is 14.3. The number of esters is 1. The number of ether oxygens (including phenoxy) is 1. The summed E-state index contributed by atoms with van der Waals surface area (Å²) in [5.74, 6) is -0.394. The Balaban J connectivity index is 1.39. The van der Waals surface area contributed by atoms with Crippen LogP contribution < -0.4 is 10.6 Å². The maximum Gasteiger partial charge on any atom is 0.340 e. The van der Waals surface area contributed by atoms with Crippen molar-refractivity contribution in [2.45, 2.75) is 6.61 Å². The van der Waals surface area contributed by atoms with Crippen molar-refractivity contribution in [3.05, 3.63) is 102 Å². The monoisotopic (exact) mass is 401 g/mol.